The summed E-state index contributed by atoms with van der Waals surface area (Å²) < 4.78 is 39.8. The molecule has 0 atom stereocenters. The van der Waals surface area contributed by atoms with Gasteiger partial charge in [-0.3, -0.25) is 4.98 Å². The molecule has 0 aliphatic heterocycles. The maximum Gasteiger partial charge on any atom is 0.422 e. The first-order valence-electron chi connectivity index (χ1n) is 3.79. The van der Waals surface area contributed by atoms with E-state index in [9.17, 15) is 13.2 Å². The summed E-state index contributed by atoms with van der Waals surface area (Å²) in [7, 11) is 0. The van der Waals surface area contributed by atoms with Crippen molar-refractivity contribution in [2.45, 2.75) is 6.18 Å². The molecular formula is C9H8F3NO. The molecule has 14 heavy (non-hydrogen) atoms. The Hall–Kier alpha value is -1.52. The normalized spacial score (nSPS) is 11.1. The molecule has 1 aromatic heterocycles. The quantitative estimate of drug-likeness (QED) is 0.753. The van der Waals surface area contributed by atoms with Crippen LogP contribution in [0.15, 0.2) is 24.9 Å². The lowest BCUT2D eigenvalue weighted by molar-refractivity contribution is -0.153. The molecule has 0 amide bonds. The Morgan fingerprint density at radius 3 is 2.79 bits per heavy atom. The van der Waals surface area contributed by atoms with Crippen molar-refractivity contribution in [3.8, 4) is 5.75 Å². The molecular weight excluding hydrogens is 195 g/mol. The van der Waals surface area contributed by atoms with E-state index >= 15 is 0 Å². The van der Waals surface area contributed by atoms with Gasteiger partial charge in [0, 0.05) is 12.3 Å². The van der Waals surface area contributed by atoms with Crippen LogP contribution in [0.1, 0.15) is 5.69 Å². The summed E-state index contributed by atoms with van der Waals surface area (Å²) in [5.74, 6) is 0.132. The monoisotopic (exact) mass is 203 g/mol. The second-order valence-corrected chi connectivity index (χ2v) is 2.52. The first kappa shape index (κ1) is 10.6. The number of ether oxygens (including phenoxy) is 1. The first-order chi connectivity index (χ1) is 6.51. The Kier molecular flexibility index (Phi) is 3.11. The predicted molar refractivity (Wildman–Crippen MR) is 45.9 cm³/mol. The minimum absolute atomic E-state index is 0.132. The summed E-state index contributed by atoms with van der Waals surface area (Å²) >= 11 is 0. The van der Waals surface area contributed by atoms with Crippen LogP contribution in [0.5, 0.6) is 5.75 Å². The second-order valence-electron chi connectivity index (χ2n) is 2.52. The summed E-state index contributed by atoms with van der Waals surface area (Å²) in [5.41, 5.74) is 0.477. The molecule has 0 spiro atoms. The van der Waals surface area contributed by atoms with Crippen molar-refractivity contribution in [3.63, 3.8) is 0 Å². The average Bonchev–Trinajstić information content (AvgIpc) is 2.14. The molecule has 76 valence electrons. The maximum atomic E-state index is 11.8. The van der Waals surface area contributed by atoms with Gasteiger partial charge in [0.1, 0.15) is 5.75 Å². The Labute approximate surface area is 79.0 Å². The van der Waals surface area contributed by atoms with Crippen molar-refractivity contribution in [1.29, 1.82) is 0 Å². The standard InChI is InChI=1S/C9H8F3NO/c1-2-7-5-8(3-4-13-7)14-6-9(10,11)12/h2-5H,1,6H2. The second kappa shape index (κ2) is 4.13. The molecule has 2 nitrogen and oxygen atoms in total. The van der Waals surface area contributed by atoms with E-state index in [1.165, 1.54) is 24.4 Å². The number of aromatic nitrogens is 1. The summed E-state index contributed by atoms with van der Waals surface area (Å²) in [5, 5.41) is 0. The van der Waals surface area contributed by atoms with E-state index in [0.29, 0.717) is 5.69 Å². The van der Waals surface area contributed by atoms with Gasteiger partial charge < -0.3 is 4.74 Å². The van der Waals surface area contributed by atoms with Gasteiger partial charge in [0.25, 0.3) is 0 Å². The average molecular weight is 203 g/mol. The molecule has 0 saturated carbocycles. The summed E-state index contributed by atoms with van der Waals surface area (Å²) in [6.07, 6.45) is -1.53. The fourth-order valence-corrected chi connectivity index (χ4v) is 0.795. The predicted octanol–water partition coefficient (Wildman–Crippen LogP) is 2.67. The number of hydrogen-bond donors (Lipinski definition) is 0. The van der Waals surface area contributed by atoms with Crippen molar-refractivity contribution in [3.05, 3.63) is 30.6 Å². The van der Waals surface area contributed by atoms with E-state index < -0.39 is 12.8 Å². The highest BCUT2D eigenvalue weighted by atomic mass is 19.4. The topological polar surface area (TPSA) is 22.1 Å². The van der Waals surface area contributed by atoms with Crippen LogP contribution in [0.25, 0.3) is 6.08 Å². The fourth-order valence-electron chi connectivity index (χ4n) is 0.795. The molecule has 1 aromatic rings. The molecule has 0 unspecified atom stereocenters. The van der Waals surface area contributed by atoms with Crippen LogP contribution in [-0.4, -0.2) is 17.8 Å². The summed E-state index contributed by atoms with van der Waals surface area (Å²) in [6.45, 7) is 2.14. The molecule has 1 rings (SSSR count). The molecule has 0 radical (unpaired) electrons. The van der Waals surface area contributed by atoms with Crippen LogP contribution in [-0.2, 0) is 0 Å². The SMILES string of the molecule is C=Cc1cc(OCC(F)(F)F)ccn1. The molecule has 0 aliphatic carbocycles. The molecule has 0 N–H and O–H groups in total. The largest absolute Gasteiger partial charge is 0.484 e. The lowest BCUT2D eigenvalue weighted by Gasteiger charge is -2.08. The minimum Gasteiger partial charge on any atom is -0.484 e. The van der Waals surface area contributed by atoms with Crippen molar-refractivity contribution in [2.24, 2.45) is 0 Å². The lowest BCUT2D eigenvalue weighted by Crippen LogP contribution is -2.19. The smallest absolute Gasteiger partial charge is 0.422 e. The van der Waals surface area contributed by atoms with E-state index in [4.69, 9.17) is 0 Å². The van der Waals surface area contributed by atoms with Crippen molar-refractivity contribution < 1.29 is 17.9 Å². The van der Waals surface area contributed by atoms with Crippen LogP contribution < -0.4 is 4.74 Å². The van der Waals surface area contributed by atoms with E-state index in [1.54, 1.807) is 0 Å². The van der Waals surface area contributed by atoms with Gasteiger partial charge >= 0.3 is 6.18 Å². The number of alkyl halides is 3. The van der Waals surface area contributed by atoms with Gasteiger partial charge in [-0.05, 0) is 12.1 Å². The number of pyridine rings is 1. The number of rotatable bonds is 3. The van der Waals surface area contributed by atoms with Crippen LogP contribution >= 0.6 is 0 Å². The fraction of sp³-hybridized carbons (Fsp3) is 0.222. The third kappa shape index (κ3) is 3.47. The third-order valence-electron chi connectivity index (χ3n) is 1.36. The van der Waals surface area contributed by atoms with E-state index in [-0.39, 0.29) is 5.75 Å². The Morgan fingerprint density at radius 1 is 1.50 bits per heavy atom. The molecule has 0 aliphatic rings. The van der Waals surface area contributed by atoms with Crippen LogP contribution in [0.2, 0.25) is 0 Å². The molecule has 5 heteroatoms. The molecule has 0 bridgehead atoms. The number of hydrogen-bond acceptors (Lipinski definition) is 2. The highest BCUT2D eigenvalue weighted by Crippen LogP contribution is 2.18. The third-order valence-corrected chi connectivity index (χ3v) is 1.36. The van der Waals surface area contributed by atoms with Crippen molar-refractivity contribution >= 4 is 6.08 Å². The van der Waals surface area contributed by atoms with Crippen molar-refractivity contribution in [1.82, 2.24) is 4.98 Å². The minimum atomic E-state index is -4.32. The maximum absolute atomic E-state index is 11.8. The van der Waals surface area contributed by atoms with E-state index in [2.05, 4.69) is 16.3 Å². The lowest BCUT2D eigenvalue weighted by atomic mass is 10.3. The van der Waals surface area contributed by atoms with Crippen LogP contribution in [0.4, 0.5) is 13.2 Å². The molecule has 0 fully saturated rings. The van der Waals surface area contributed by atoms with Crippen molar-refractivity contribution in [2.75, 3.05) is 6.61 Å². The Bertz CT molecular complexity index is 322. The van der Waals surface area contributed by atoms with Gasteiger partial charge in [-0.15, -0.1) is 0 Å². The Balaban J connectivity index is 2.63. The van der Waals surface area contributed by atoms with Crippen LogP contribution in [0, 0.1) is 0 Å². The van der Waals surface area contributed by atoms with E-state index in [1.807, 2.05) is 0 Å². The summed E-state index contributed by atoms with van der Waals surface area (Å²) in [6, 6.07) is 2.75. The first-order valence-corrected chi connectivity index (χ1v) is 3.79. The van der Waals surface area contributed by atoms with Gasteiger partial charge in [-0.1, -0.05) is 6.58 Å². The number of nitrogens with zero attached hydrogens (tertiary/aromatic N) is 1. The van der Waals surface area contributed by atoms with Gasteiger partial charge in [0.05, 0.1) is 5.69 Å². The van der Waals surface area contributed by atoms with Crippen LogP contribution in [0.3, 0.4) is 0 Å². The van der Waals surface area contributed by atoms with Gasteiger partial charge in [-0.2, -0.15) is 13.2 Å². The Morgan fingerprint density at radius 2 is 2.21 bits per heavy atom. The molecule has 0 saturated heterocycles. The highest BCUT2D eigenvalue weighted by Gasteiger charge is 2.28. The van der Waals surface area contributed by atoms with Gasteiger partial charge in [0.15, 0.2) is 6.61 Å². The zero-order chi connectivity index (χ0) is 10.6. The zero-order valence-electron chi connectivity index (χ0n) is 7.21. The summed E-state index contributed by atoms with van der Waals surface area (Å²) in [4.78, 5) is 3.82. The number of halogens is 3. The van der Waals surface area contributed by atoms with Gasteiger partial charge in [0.2, 0.25) is 0 Å². The molecule has 0 aromatic carbocycles. The highest BCUT2D eigenvalue weighted by molar-refractivity contribution is 5.44. The van der Waals surface area contributed by atoms with Gasteiger partial charge in [-0.25, -0.2) is 0 Å². The zero-order valence-corrected chi connectivity index (χ0v) is 7.21. The van der Waals surface area contributed by atoms with E-state index in [0.717, 1.165) is 0 Å². The molecule has 1 heterocycles.